The molecule has 1 aromatic rings. The van der Waals surface area contributed by atoms with Crippen molar-refractivity contribution in [3.05, 3.63) is 16.1 Å². The molecule has 0 saturated heterocycles. The van der Waals surface area contributed by atoms with Crippen molar-refractivity contribution in [1.82, 2.24) is 10.3 Å². The van der Waals surface area contributed by atoms with Gasteiger partial charge in [0.1, 0.15) is 5.01 Å². The van der Waals surface area contributed by atoms with Crippen LogP contribution in [0.5, 0.6) is 0 Å². The van der Waals surface area contributed by atoms with E-state index < -0.39 is 0 Å². The largest absolute Gasteiger partial charge is 0.370 e. The van der Waals surface area contributed by atoms with Crippen LogP contribution >= 0.6 is 11.3 Å². The average molecular weight is 238 g/mol. The monoisotopic (exact) mass is 238 g/mol. The number of nitrogens with two attached hydrogens (primary N) is 1. The van der Waals surface area contributed by atoms with Gasteiger partial charge in [0.15, 0.2) is 5.96 Å². The van der Waals surface area contributed by atoms with E-state index in [9.17, 15) is 0 Å². The Bertz CT molecular complexity index is 366. The highest BCUT2D eigenvalue weighted by atomic mass is 32.1. The molecule has 4 nitrogen and oxygen atoms in total. The Morgan fingerprint density at radius 2 is 2.38 bits per heavy atom. The van der Waals surface area contributed by atoms with Gasteiger partial charge in [0, 0.05) is 17.1 Å². The molecule has 1 heterocycles. The van der Waals surface area contributed by atoms with E-state index in [1.165, 1.54) is 25.7 Å². The van der Waals surface area contributed by atoms with Gasteiger partial charge in [-0.1, -0.05) is 12.8 Å². The minimum absolute atomic E-state index is 0.529. The minimum Gasteiger partial charge on any atom is -0.370 e. The number of hydrogen-bond donors (Lipinski definition) is 2. The molecular formula is C11H18N4S. The molecule has 1 aromatic heterocycles. The van der Waals surface area contributed by atoms with Crippen LogP contribution in [0.1, 0.15) is 36.4 Å². The SMILES string of the molecule is Cc1csc(CN=C(N)NC2CCCC2)n1. The van der Waals surface area contributed by atoms with Gasteiger partial charge in [-0.2, -0.15) is 0 Å². The van der Waals surface area contributed by atoms with Gasteiger partial charge < -0.3 is 11.1 Å². The maximum atomic E-state index is 5.82. The third-order valence-electron chi connectivity index (χ3n) is 2.76. The molecule has 3 N–H and O–H groups in total. The second-order valence-corrected chi connectivity index (χ2v) is 5.15. The number of hydrogen-bond acceptors (Lipinski definition) is 3. The molecule has 1 aliphatic rings. The van der Waals surface area contributed by atoms with E-state index in [0.29, 0.717) is 18.5 Å². The normalized spacial score (nSPS) is 17.9. The lowest BCUT2D eigenvalue weighted by Crippen LogP contribution is -2.38. The Morgan fingerprint density at radius 1 is 1.62 bits per heavy atom. The van der Waals surface area contributed by atoms with Gasteiger partial charge in [-0.05, 0) is 19.8 Å². The molecule has 0 aromatic carbocycles. The average Bonchev–Trinajstić information content (AvgIpc) is 2.87. The van der Waals surface area contributed by atoms with Crippen molar-refractivity contribution in [3.63, 3.8) is 0 Å². The molecule has 1 fully saturated rings. The van der Waals surface area contributed by atoms with E-state index in [1.807, 2.05) is 12.3 Å². The van der Waals surface area contributed by atoms with Crippen LogP contribution in [-0.2, 0) is 6.54 Å². The van der Waals surface area contributed by atoms with Gasteiger partial charge in [0.05, 0.1) is 6.54 Å². The van der Waals surface area contributed by atoms with Crippen LogP contribution in [0.4, 0.5) is 0 Å². The third-order valence-corrected chi connectivity index (χ3v) is 3.71. The molecule has 0 amide bonds. The highest BCUT2D eigenvalue weighted by Crippen LogP contribution is 2.17. The van der Waals surface area contributed by atoms with Crippen molar-refractivity contribution in [2.75, 3.05) is 0 Å². The summed E-state index contributed by atoms with van der Waals surface area (Å²) in [6, 6.07) is 0.529. The second-order valence-electron chi connectivity index (χ2n) is 4.21. The van der Waals surface area contributed by atoms with E-state index in [2.05, 4.69) is 15.3 Å². The number of aromatic nitrogens is 1. The van der Waals surface area contributed by atoms with Gasteiger partial charge in [-0.3, -0.25) is 0 Å². The van der Waals surface area contributed by atoms with Crippen molar-refractivity contribution in [1.29, 1.82) is 0 Å². The van der Waals surface area contributed by atoms with Gasteiger partial charge in [-0.15, -0.1) is 11.3 Å². The number of nitrogens with one attached hydrogen (secondary N) is 1. The molecule has 1 aliphatic carbocycles. The quantitative estimate of drug-likeness (QED) is 0.623. The summed E-state index contributed by atoms with van der Waals surface area (Å²) < 4.78 is 0. The molecule has 0 bridgehead atoms. The van der Waals surface area contributed by atoms with Crippen molar-refractivity contribution < 1.29 is 0 Å². The molecule has 88 valence electrons. The molecule has 0 radical (unpaired) electrons. The molecule has 0 aliphatic heterocycles. The zero-order chi connectivity index (χ0) is 11.4. The number of aryl methyl sites for hydroxylation is 1. The zero-order valence-corrected chi connectivity index (χ0v) is 10.4. The third kappa shape index (κ3) is 3.20. The molecular weight excluding hydrogens is 220 g/mol. The van der Waals surface area contributed by atoms with E-state index in [0.717, 1.165) is 10.7 Å². The van der Waals surface area contributed by atoms with E-state index in [-0.39, 0.29) is 0 Å². The lowest BCUT2D eigenvalue weighted by Gasteiger charge is -2.11. The summed E-state index contributed by atoms with van der Waals surface area (Å²) in [4.78, 5) is 8.65. The standard InChI is InChI=1S/C11H18N4S/c1-8-7-16-10(14-8)6-13-11(12)15-9-4-2-3-5-9/h7,9H,2-6H2,1H3,(H3,12,13,15). The van der Waals surface area contributed by atoms with Crippen LogP contribution in [0.25, 0.3) is 0 Å². The van der Waals surface area contributed by atoms with Crippen molar-refractivity contribution in [2.45, 2.75) is 45.2 Å². The van der Waals surface area contributed by atoms with E-state index in [4.69, 9.17) is 5.73 Å². The first-order chi connectivity index (χ1) is 7.74. The predicted molar refractivity (Wildman–Crippen MR) is 67.6 cm³/mol. The van der Waals surface area contributed by atoms with Crippen LogP contribution in [0.3, 0.4) is 0 Å². The van der Waals surface area contributed by atoms with Crippen molar-refractivity contribution in [2.24, 2.45) is 10.7 Å². The number of guanidine groups is 1. The highest BCUT2D eigenvalue weighted by Gasteiger charge is 2.14. The lowest BCUT2D eigenvalue weighted by atomic mass is 10.2. The van der Waals surface area contributed by atoms with Gasteiger partial charge in [-0.25, -0.2) is 9.98 Å². The molecule has 1 saturated carbocycles. The lowest BCUT2D eigenvalue weighted by molar-refractivity contribution is 0.625. The summed E-state index contributed by atoms with van der Waals surface area (Å²) in [5.74, 6) is 0.555. The Labute approximate surface area is 100.0 Å². The Kier molecular flexibility index (Phi) is 3.77. The Hall–Kier alpha value is -1.10. The van der Waals surface area contributed by atoms with Crippen LogP contribution in [0, 0.1) is 6.92 Å². The summed E-state index contributed by atoms with van der Waals surface area (Å²) >= 11 is 1.63. The summed E-state index contributed by atoms with van der Waals surface area (Å²) in [6.07, 6.45) is 5.03. The zero-order valence-electron chi connectivity index (χ0n) is 9.57. The summed E-state index contributed by atoms with van der Waals surface area (Å²) in [7, 11) is 0. The number of aliphatic imine (C=N–C) groups is 1. The van der Waals surface area contributed by atoms with Crippen LogP contribution < -0.4 is 11.1 Å². The molecule has 0 atom stereocenters. The first-order valence-corrected chi connectivity index (χ1v) is 6.59. The van der Waals surface area contributed by atoms with E-state index >= 15 is 0 Å². The first-order valence-electron chi connectivity index (χ1n) is 5.71. The van der Waals surface area contributed by atoms with Crippen LogP contribution in [0.2, 0.25) is 0 Å². The fraction of sp³-hybridized carbons (Fsp3) is 0.636. The van der Waals surface area contributed by atoms with Gasteiger partial charge in [0.2, 0.25) is 0 Å². The predicted octanol–water partition coefficient (Wildman–Crippen LogP) is 1.80. The van der Waals surface area contributed by atoms with Crippen molar-refractivity contribution >= 4 is 17.3 Å². The molecule has 0 unspecified atom stereocenters. The summed E-state index contributed by atoms with van der Waals surface area (Å²) in [6.45, 7) is 2.58. The maximum absolute atomic E-state index is 5.82. The van der Waals surface area contributed by atoms with Crippen molar-refractivity contribution in [3.8, 4) is 0 Å². The van der Waals surface area contributed by atoms with Crippen LogP contribution in [-0.4, -0.2) is 17.0 Å². The fourth-order valence-electron chi connectivity index (χ4n) is 1.95. The summed E-state index contributed by atoms with van der Waals surface area (Å²) in [5, 5.41) is 6.32. The maximum Gasteiger partial charge on any atom is 0.189 e. The number of nitrogens with zero attached hydrogens (tertiary/aromatic N) is 2. The second kappa shape index (κ2) is 5.30. The minimum atomic E-state index is 0.529. The smallest absolute Gasteiger partial charge is 0.189 e. The fourth-order valence-corrected chi connectivity index (χ4v) is 2.65. The topological polar surface area (TPSA) is 63.3 Å². The number of thiazole rings is 1. The summed E-state index contributed by atoms with van der Waals surface area (Å²) in [5.41, 5.74) is 6.88. The number of rotatable bonds is 3. The Balaban J connectivity index is 1.81. The molecule has 2 rings (SSSR count). The van der Waals surface area contributed by atoms with Crippen LogP contribution in [0.15, 0.2) is 10.4 Å². The first kappa shape index (κ1) is 11.4. The molecule has 16 heavy (non-hydrogen) atoms. The van der Waals surface area contributed by atoms with E-state index in [1.54, 1.807) is 11.3 Å². The highest BCUT2D eigenvalue weighted by molar-refractivity contribution is 7.09. The Morgan fingerprint density at radius 3 is 3.00 bits per heavy atom. The van der Waals surface area contributed by atoms with Gasteiger partial charge >= 0.3 is 0 Å². The van der Waals surface area contributed by atoms with Gasteiger partial charge in [0.25, 0.3) is 0 Å². The molecule has 5 heteroatoms. The molecule has 0 spiro atoms.